The van der Waals surface area contributed by atoms with Crippen molar-refractivity contribution in [2.24, 2.45) is 0 Å². The Balaban J connectivity index is 2.30. The highest BCUT2D eigenvalue weighted by molar-refractivity contribution is 5.81. The molecule has 0 spiro atoms. The second-order valence-electron chi connectivity index (χ2n) is 5.79. The van der Waals surface area contributed by atoms with E-state index in [1.807, 2.05) is 31.2 Å². The van der Waals surface area contributed by atoms with Crippen molar-refractivity contribution < 1.29 is 10.3 Å². The third-order valence-corrected chi connectivity index (χ3v) is 3.77. The van der Waals surface area contributed by atoms with Gasteiger partial charge in [0.2, 0.25) is 5.91 Å². The molecule has 3 rings (SSSR count). The molecule has 0 radical (unpaired) electrons. The van der Waals surface area contributed by atoms with Gasteiger partial charge in [0.15, 0.2) is 0 Å². The molecule has 0 atom stereocenters. The van der Waals surface area contributed by atoms with Crippen molar-refractivity contribution in [3.8, 4) is 11.3 Å². The lowest BCUT2D eigenvalue weighted by Gasteiger charge is -2.11. The van der Waals surface area contributed by atoms with E-state index in [2.05, 4.69) is 4.98 Å². The second kappa shape index (κ2) is 5.88. The maximum atomic E-state index is 12.4. The number of carbonyl (C=O) groups is 1. The van der Waals surface area contributed by atoms with Crippen molar-refractivity contribution in [1.29, 1.82) is 0 Å². The van der Waals surface area contributed by atoms with Crippen LogP contribution >= 0.6 is 0 Å². The minimum absolute atomic E-state index is 0.0215. The monoisotopic (exact) mass is 311 g/mol. The molecule has 0 aliphatic heterocycles. The number of hydrogen-bond acceptors (Lipinski definition) is 2. The highest BCUT2D eigenvalue weighted by Gasteiger charge is 2.18. The molecule has 0 bridgehead atoms. The van der Waals surface area contributed by atoms with Crippen molar-refractivity contribution >= 4 is 11.6 Å². The van der Waals surface area contributed by atoms with Gasteiger partial charge in [-0.1, -0.05) is 35.9 Å². The molecule has 1 amide bonds. The predicted octanol–water partition coefficient (Wildman–Crippen LogP) is 3.25. The van der Waals surface area contributed by atoms with Crippen molar-refractivity contribution in [3.63, 3.8) is 0 Å². The van der Waals surface area contributed by atoms with Gasteiger partial charge in [-0.15, -0.1) is 0 Å². The lowest BCUT2D eigenvalue weighted by atomic mass is 10.1. The molecule has 0 saturated heterocycles. The maximum Gasteiger partial charge on any atom is 0.228 e. The summed E-state index contributed by atoms with van der Waals surface area (Å²) in [6.07, 6.45) is -0.145. The number of amides is 1. The van der Waals surface area contributed by atoms with Gasteiger partial charge in [-0.05, 0) is 25.4 Å². The summed E-state index contributed by atoms with van der Waals surface area (Å²) in [4.78, 5) is 18.5. The van der Waals surface area contributed by atoms with E-state index in [-0.39, 0.29) is 24.1 Å². The fourth-order valence-electron chi connectivity index (χ4n) is 2.43. The molecule has 3 aromatic rings. The van der Waals surface area contributed by atoms with Crippen LogP contribution in [0.5, 0.6) is 0 Å². The van der Waals surface area contributed by atoms with E-state index >= 15 is 0 Å². The van der Waals surface area contributed by atoms with Gasteiger partial charge in [-0.25, -0.2) is 4.98 Å². The van der Waals surface area contributed by atoms with Crippen LogP contribution in [0.15, 0.2) is 42.6 Å². The Labute approximate surface area is 142 Å². The van der Waals surface area contributed by atoms with E-state index in [0.29, 0.717) is 17.0 Å². The quantitative estimate of drug-likeness (QED) is 0.744. The summed E-state index contributed by atoms with van der Waals surface area (Å²) in [7, 11) is 3.32. The van der Waals surface area contributed by atoms with E-state index in [0.717, 1.165) is 11.1 Å². The lowest BCUT2D eigenvalue weighted by Crippen LogP contribution is -2.24. The minimum Gasteiger partial charge on any atom is -0.348 e. The van der Waals surface area contributed by atoms with Gasteiger partial charge >= 0.3 is 0 Å². The zero-order valence-corrected chi connectivity index (χ0v) is 13.4. The minimum atomic E-state index is -2.41. The molecule has 0 aliphatic rings. The van der Waals surface area contributed by atoms with Crippen LogP contribution in [0.25, 0.3) is 16.9 Å². The molecule has 2 heterocycles. The summed E-state index contributed by atoms with van der Waals surface area (Å²) in [6.45, 7) is -0.434. The number of pyridine rings is 1. The SMILES string of the molecule is [2H]c1c(C([2H])([2H])[2H])ccc2nc(-c3ccc(C)cc3)c(CC(=O)N(C)C)n12. The molecule has 23 heavy (non-hydrogen) atoms. The molecule has 4 nitrogen and oxygen atoms in total. The lowest BCUT2D eigenvalue weighted by molar-refractivity contribution is -0.128. The molecule has 4 heteroatoms. The third kappa shape index (κ3) is 2.97. The van der Waals surface area contributed by atoms with Crippen LogP contribution in [0.3, 0.4) is 0 Å². The predicted molar refractivity (Wildman–Crippen MR) is 92.5 cm³/mol. The summed E-state index contributed by atoms with van der Waals surface area (Å²) in [5.74, 6) is -0.149. The first kappa shape index (κ1) is 11.0. The molecule has 0 saturated carbocycles. The number of nitrogens with zero attached hydrogens (tertiary/aromatic N) is 3. The topological polar surface area (TPSA) is 37.6 Å². The van der Waals surface area contributed by atoms with Gasteiger partial charge in [-0.2, -0.15) is 0 Å². The molecular weight excluding hydrogens is 286 g/mol. The van der Waals surface area contributed by atoms with E-state index in [4.69, 9.17) is 5.48 Å². The number of likely N-dealkylation sites (N-methyl/N-ethyl adjacent to an activating group) is 1. The molecule has 2 aromatic heterocycles. The molecule has 0 fully saturated rings. The van der Waals surface area contributed by atoms with Crippen molar-refractivity contribution in [2.45, 2.75) is 20.2 Å². The summed E-state index contributed by atoms with van der Waals surface area (Å²) >= 11 is 0. The average molecular weight is 311 g/mol. The Hall–Kier alpha value is -2.62. The fourth-order valence-corrected chi connectivity index (χ4v) is 2.43. The van der Waals surface area contributed by atoms with Crippen LogP contribution in [0.1, 0.15) is 22.3 Å². The number of aromatic nitrogens is 2. The summed E-state index contributed by atoms with van der Waals surface area (Å²) in [5.41, 5.74) is 3.40. The van der Waals surface area contributed by atoms with Crippen molar-refractivity contribution in [3.05, 3.63) is 59.4 Å². The van der Waals surface area contributed by atoms with E-state index in [9.17, 15) is 4.79 Å². The summed E-state index contributed by atoms with van der Waals surface area (Å²) in [6, 6.07) is 10.7. The van der Waals surface area contributed by atoms with E-state index < -0.39 is 6.85 Å². The standard InChI is InChI=1S/C19H21N3O/c1-13-5-8-15(9-6-13)19-16(11-18(23)21(3)4)22-12-14(2)7-10-17(22)20-19/h5-10,12H,11H2,1-4H3/i2D3,12D. The Kier molecular flexibility index (Phi) is 2.81. The summed E-state index contributed by atoms with van der Waals surface area (Å²) < 4.78 is 32.9. The number of hydrogen-bond donors (Lipinski definition) is 0. The number of benzene rings is 1. The third-order valence-electron chi connectivity index (χ3n) is 3.77. The van der Waals surface area contributed by atoms with Gasteiger partial charge in [0.1, 0.15) is 5.65 Å². The fraction of sp³-hybridized carbons (Fsp3) is 0.263. The number of fused-ring (bicyclic) bond motifs is 1. The van der Waals surface area contributed by atoms with Gasteiger partial charge in [0.05, 0.1) is 19.2 Å². The van der Waals surface area contributed by atoms with Gasteiger partial charge in [0.25, 0.3) is 0 Å². The normalized spacial score (nSPS) is 14.0. The molecule has 0 unspecified atom stereocenters. The van der Waals surface area contributed by atoms with Crippen molar-refractivity contribution in [2.75, 3.05) is 14.1 Å². The summed E-state index contributed by atoms with van der Waals surface area (Å²) in [5, 5.41) is 0. The van der Waals surface area contributed by atoms with Gasteiger partial charge < -0.3 is 9.30 Å². The van der Waals surface area contributed by atoms with E-state index in [1.54, 1.807) is 20.2 Å². The van der Waals surface area contributed by atoms with Crippen LogP contribution in [-0.4, -0.2) is 34.3 Å². The Morgan fingerprint density at radius 2 is 1.91 bits per heavy atom. The second-order valence-corrected chi connectivity index (χ2v) is 5.79. The van der Waals surface area contributed by atoms with Crippen LogP contribution in [0, 0.1) is 13.8 Å². The first-order chi connectivity index (χ1) is 12.6. The van der Waals surface area contributed by atoms with Crippen molar-refractivity contribution in [1.82, 2.24) is 14.3 Å². The molecule has 0 N–H and O–H groups in total. The van der Waals surface area contributed by atoms with Crippen LogP contribution in [0.4, 0.5) is 0 Å². The zero-order chi connectivity index (χ0) is 19.9. The first-order valence-corrected chi connectivity index (χ1v) is 7.38. The van der Waals surface area contributed by atoms with Crippen LogP contribution in [-0.2, 0) is 11.2 Å². The largest absolute Gasteiger partial charge is 0.348 e. The first-order valence-electron chi connectivity index (χ1n) is 9.38. The maximum absolute atomic E-state index is 12.4. The Morgan fingerprint density at radius 3 is 2.57 bits per heavy atom. The molecule has 1 aromatic carbocycles. The smallest absolute Gasteiger partial charge is 0.228 e. The van der Waals surface area contributed by atoms with Gasteiger partial charge in [0, 0.05) is 29.9 Å². The van der Waals surface area contributed by atoms with E-state index in [1.165, 1.54) is 15.4 Å². The van der Waals surface area contributed by atoms with Crippen LogP contribution in [0.2, 0.25) is 0 Å². The number of rotatable bonds is 3. The Morgan fingerprint density at radius 1 is 1.22 bits per heavy atom. The molecule has 118 valence electrons. The van der Waals surface area contributed by atoms with Crippen LogP contribution < -0.4 is 0 Å². The average Bonchev–Trinajstić information content (AvgIpc) is 2.94. The molecule has 0 aliphatic carbocycles. The Bertz CT molecular complexity index is 1000. The van der Waals surface area contributed by atoms with Gasteiger partial charge in [-0.3, -0.25) is 4.79 Å². The number of carbonyl (C=O) groups excluding carboxylic acids is 1. The zero-order valence-electron chi connectivity index (χ0n) is 17.4. The number of imidazole rings is 1. The highest BCUT2D eigenvalue weighted by Crippen LogP contribution is 2.26. The highest BCUT2D eigenvalue weighted by atomic mass is 16.2. The molecular formula is C19H21N3O. The number of aryl methyl sites for hydroxylation is 2.